The van der Waals surface area contributed by atoms with Crippen LogP contribution in [0.2, 0.25) is 5.02 Å². The molecule has 104 valence electrons. The first-order valence-corrected chi connectivity index (χ1v) is 9.44. The van der Waals surface area contributed by atoms with E-state index in [1.165, 1.54) is 22.7 Å². The summed E-state index contributed by atoms with van der Waals surface area (Å²) in [5.74, 6) is -0.0656. The third-order valence-corrected chi connectivity index (χ3v) is 7.39. The molecule has 0 amide bonds. The van der Waals surface area contributed by atoms with Gasteiger partial charge in [0.2, 0.25) is 0 Å². The molecule has 0 saturated heterocycles. The molecule has 0 fully saturated rings. The zero-order valence-corrected chi connectivity index (χ0v) is 13.7. The topological polar surface area (TPSA) is 47.0 Å². The summed E-state index contributed by atoms with van der Waals surface area (Å²) in [6.45, 7) is 1.89. The van der Waals surface area contributed by atoms with Gasteiger partial charge in [-0.05, 0) is 37.3 Å². The van der Waals surface area contributed by atoms with Gasteiger partial charge in [0, 0.05) is 9.90 Å². The molecule has 0 aliphatic rings. The standard InChI is InChI=1S/C13H10ClNO2S3/c1-8-2-5-13(18-8)20(16,17)7-12-15-10-6-9(14)3-4-11(10)19-12/h2-6H,7H2,1H3. The first-order chi connectivity index (χ1) is 9.44. The lowest BCUT2D eigenvalue weighted by molar-refractivity contribution is 0.597. The van der Waals surface area contributed by atoms with Crippen LogP contribution in [-0.2, 0) is 15.6 Å². The summed E-state index contributed by atoms with van der Waals surface area (Å²) in [7, 11) is -3.32. The number of aryl methyl sites for hydroxylation is 1. The van der Waals surface area contributed by atoms with E-state index in [1.807, 2.05) is 19.1 Å². The molecule has 0 saturated carbocycles. The van der Waals surface area contributed by atoms with E-state index in [1.54, 1.807) is 18.2 Å². The van der Waals surface area contributed by atoms with E-state index >= 15 is 0 Å². The van der Waals surface area contributed by atoms with Gasteiger partial charge in [-0.3, -0.25) is 0 Å². The van der Waals surface area contributed by atoms with Crippen LogP contribution in [0.4, 0.5) is 0 Å². The second kappa shape index (κ2) is 5.11. The number of aromatic nitrogens is 1. The smallest absolute Gasteiger partial charge is 0.194 e. The summed E-state index contributed by atoms with van der Waals surface area (Å²) < 4.78 is 26.0. The molecule has 0 radical (unpaired) electrons. The van der Waals surface area contributed by atoms with E-state index in [0.717, 1.165) is 15.1 Å². The normalized spacial score (nSPS) is 12.1. The van der Waals surface area contributed by atoms with Crippen molar-refractivity contribution in [1.82, 2.24) is 4.98 Å². The molecular weight excluding hydrogens is 334 g/mol. The van der Waals surface area contributed by atoms with Gasteiger partial charge < -0.3 is 0 Å². The summed E-state index contributed by atoms with van der Waals surface area (Å²) in [5, 5.41) is 1.19. The van der Waals surface area contributed by atoms with Gasteiger partial charge in [-0.1, -0.05) is 11.6 Å². The number of nitrogens with zero attached hydrogens (tertiary/aromatic N) is 1. The van der Waals surface area contributed by atoms with Crippen molar-refractivity contribution >= 4 is 54.3 Å². The lowest BCUT2D eigenvalue weighted by Gasteiger charge is -1.97. The molecule has 0 N–H and O–H groups in total. The van der Waals surface area contributed by atoms with Gasteiger partial charge in [0.1, 0.15) is 15.0 Å². The van der Waals surface area contributed by atoms with Gasteiger partial charge in [0.15, 0.2) is 9.84 Å². The highest BCUT2D eigenvalue weighted by molar-refractivity contribution is 7.92. The molecule has 20 heavy (non-hydrogen) atoms. The van der Waals surface area contributed by atoms with Crippen LogP contribution in [0.25, 0.3) is 10.2 Å². The van der Waals surface area contributed by atoms with Crippen molar-refractivity contribution < 1.29 is 8.42 Å². The zero-order valence-electron chi connectivity index (χ0n) is 10.5. The third-order valence-electron chi connectivity index (χ3n) is 2.73. The fourth-order valence-corrected chi connectivity index (χ4v) is 5.91. The molecule has 0 unspecified atom stereocenters. The van der Waals surface area contributed by atoms with Crippen LogP contribution in [0.1, 0.15) is 9.88 Å². The molecule has 3 nitrogen and oxygen atoms in total. The maximum Gasteiger partial charge on any atom is 0.194 e. The van der Waals surface area contributed by atoms with Crippen molar-refractivity contribution in [3.05, 3.63) is 45.2 Å². The van der Waals surface area contributed by atoms with Gasteiger partial charge in [0.25, 0.3) is 0 Å². The predicted octanol–water partition coefficient (Wildman–Crippen LogP) is 4.29. The minimum atomic E-state index is -3.32. The van der Waals surface area contributed by atoms with Crippen LogP contribution in [0.15, 0.2) is 34.5 Å². The Bertz CT molecular complexity index is 880. The number of rotatable bonds is 3. The molecule has 0 bridgehead atoms. The minimum Gasteiger partial charge on any atom is -0.240 e. The maximum atomic E-state index is 12.3. The van der Waals surface area contributed by atoms with Gasteiger partial charge in [-0.25, -0.2) is 13.4 Å². The Balaban J connectivity index is 1.96. The highest BCUT2D eigenvalue weighted by atomic mass is 35.5. The van der Waals surface area contributed by atoms with Crippen LogP contribution in [-0.4, -0.2) is 13.4 Å². The van der Waals surface area contributed by atoms with E-state index < -0.39 is 9.84 Å². The largest absolute Gasteiger partial charge is 0.240 e. The zero-order chi connectivity index (χ0) is 14.3. The Kier molecular flexibility index (Phi) is 3.58. The molecule has 3 aromatic rings. The number of benzene rings is 1. The lowest BCUT2D eigenvalue weighted by Crippen LogP contribution is -2.02. The molecular formula is C13H10ClNO2S3. The summed E-state index contributed by atoms with van der Waals surface area (Å²) in [6.07, 6.45) is 0. The molecule has 2 aromatic heterocycles. The van der Waals surface area contributed by atoms with Gasteiger partial charge in [-0.2, -0.15) is 0 Å². The molecule has 0 atom stereocenters. The SMILES string of the molecule is Cc1ccc(S(=O)(=O)Cc2nc3cc(Cl)ccc3s2)s1. The highest BCUT2D eigenvalue weighted by Crippen LogP contribution is 2.29. The minimum absolute atomic E-state index is 0.0656. The number of hydrogen-bond donors (Lipinski definition) is 0. The second-order valence-corrected chi connectivity index (χ2v) is 9.40. The Hall–Kier alpha value is -0.950. The number of sulfone groups is 1. The number of thiophene rings is 1. The van der Waals surface area contributed by atoms with E-state index in [4.69, 9.17) is 11.6 Å². The fraction of sp³-hybridized carbons (Fsp3) is 0.154. The number of fused-ring (bicyclic) bond motifs is 1. The van der Waals surface area contributed by atoms with E-state index in [0.29, 0.717) is 14.2 Å². The van der Waals surface area contributed by atoms with Crippen molar-refractivity contribution in [3.8, 4) is 0 Å². The monoisotopic (exact) mass is 343 g/mol. The Morgan fingerprint density at radius 1 is 1.20 bits per heavy atom. The molecule has 3 rings (SSSR count). The van der Waals surface area contributed by atoms with Crippen molar-refractivity contribution in [2.75, 3.05) is 0 Å². The number of thiazole rings is 1. The number of halogens is 1. The molecule has 1 aromatic carbocycles. The first kappa shape index (κ1) is 14.0. The average molecular weight is 344 g/mol. The van der Waals surface area contributed by atoms with Crippen molar-refractivity contribution in [3.63, 3.8) is 0 Å². The van der Waals surface area contributed by atoms with Crippen molar-refractivity contribution in [1.29, 1.82) is 0 Å². The quantitative estimate of drug-likeness (QED) is 0.712. The van der Waals surface area contributed by atoms with Crippen molar-refractivity contribution in [2.45, 2.75) is 16.9 Å². The van der Waals surface area contributed by atoms with Crippen molar-refractivity contribution in [2.24, 2.45) is 0 Å². The second-order valence-electron chi connectivity index (χ2n) is 4.34. The molecule has 0 spiro atoms. The van der Waals surface area contributed by atoms with E-state index in [9.17, 15) is 8.42 Å². The van der Waals surface area contributed by atoms with Gasteiger partial charge in [0.05, 0.1) is 10.2 Å². The summed E-state index contributed by atoms with van der Waals surface area (Å²) in [6, 6.07) is 8.86. The van der Waals surface area contributed by atoms with E-state index in [-0.39, 0.29) is 5.75 Å². The predicted molar refractivity (Wildman–Crippen MR) is 84.6 cm³/mol. The Morgan fingerprint density at radius 3 is 2.70 bits per heavy atom. The highest BCUT2D eigenvalue weighted by Gasteiger charge is 2.19. The Labute approximate surface area is 129 Å². The van der Waals surface area contributed by atoms with Crippen LogP contribution in [0.3, 0.4) is 0 Å². The van der Waals surface area contributed by atoms with Crippen LogP contribution < -0.4 is 0 Å². The van der Waals surface area contributed by atoms with Gasteiger partial charge >= 0.3 is 0 Å². The third kappa shape index (κ3) is 2.74. The van der Waals surface area contributed by atoms with E-state index in [2.05, 4.69) is 4.98 Å². The summed E-state index contributed by atoms with van der Waals surface area (Å²) in [5.41, 5.74) is 0.745. The molecule has 0 aliphatic heterocycles. The first-order valence-electron chi connectivity index (χ1n) is 5.78. The maximum absolute atomic E-state index is 12.3. The van der Waals surface area contributed by atoms with Gasteiger partial charge in [-0.15, -0.1) is 22.7 Å². The lowest BCUT2D eigenvalue weighted by atomic mass is 10.3. The summed E-state index contributed by atoms with van der Waals surface area (Å²) in [4.78, 5) is 5.34. The van der Waals surface area contributed by atoms with Crippen LogP contribution >= 0.6 is 34.3 Å². The molecule has 7 heteroatoms. The van der Waals surface area contributed by atoms with Crippen LogP contribution in [0, 0.1) is 6.92 Å². The summed E-state index contributed by atoms with van der Waals surface area (Å²) >= 11 is 8.59. The number of hydrogen-bond acceptors (Lipinski definition) is 5. The van der Waals surface area contributed by atoms with Crippen LogP contribution in [0.5, 0.6) is 0 Å². The molecule has 0 aliphatic carbocycles. The Morgan fingerprint density at radius 2 is 2.00 bits per heavy atom. The average Bonchev–Trinajstić information content (AvgIpc) is 2.94. The fourth-order valence-electron chi connectivity index (χ4n) is 1.82. The molecule has 2 heterocycles.